The number of methoxy groups -OCH3 is 2. The molecule has 0 spiro atoms. The Balaban J connectivity index is 1.75. The normalized spacial score (nSPS) is 10.6. The van der Waals surface area contributed by atoms with E-state index in [1.54, 1.807) is 37.3 Å². The lowest BCUT2D eigenvalue weighted by Gasteiger charge is -2.08. The molecule has 0 aliphatic carbocycles. The van der Waals surface area contributed by atoms with Crippen LogP contribution in [0.15, 0.2) is 52.7 Å². The summed E-state index contributed by atoms with van der Waals surface area (Å²) in [5.74, 6) is 2.21. The van der Waals surface area contributed by atoms with Crippen LogP contribution in [0.3, 0.4) is 0 Å². The maximum Gasteiger partial charge on any atom is 0.161 e. The Morgan fingerprint density at radius 3 is 2.62 bits per heavy atom. The Bertz CT molecular complexity index is 835. The zero-order valence-corrected chi connectivity index (χ0v) is 15.7. The molecule has 0 atom stereocenters. The van der Waals surface area contributed by atoms with Crippen molar-refractivity contribution in [1.29, 1.82) is 0 Å². The number of hydrogen-bond acceptors (Lipinski definition) is 5. The van der Waals surface area contributed by atoms with Crippen molar-refractivity contribution in [3.63, 3.8) is 0 Å². The SMILES string of the molecule is COc1ccc(-c2nc(CSc3ccccc3Cl)cs2)cc1OC. The first-order valence-electron chi connectivity index (χ1n) is 7.25. The molecule has 0 unspecified atom stereocenters. The van der Waals surface area contributed by atoms with Crippen LogP contribution < -0.4 is 9.47 Å². The highest BCUT2D eigenvalue weighted by Gasteiger charge is 2.10. The molecular weight excluding hydrogens is 362 g/mol. The number of hydrogen-bond donors (Lipinski definition) is 0. The predicted molar refractivity (Wildman–Crippen MR) is 102 cm³/mol. The van der Waals surface area contributed by atoms with Crippen molar-refractivity contribution in [3.05, 3.63) is 58.6 Å². The number of halogens is 1. The third-order valence-corrected chi connectivity index (χ3v) is 5.88. The highest BCUT2D eigenvalue weighted by Crippen LogP contribution is 2.35. The van der Waals surface area contributed by atoms with Gasteiger partial charge in [-0.05, 0) is 30.3 Å². The first-order chi connectivity index (χ1) is 11.7. The van der Waals surface area contributed by atoms with Crippen LogP contribution in [0.25, 0.3) is 10.6 Å². The summed E-state index contributed by atoms with van der Waals surface area (Å²) in [4.78, 5) is 5.78. The third-order valence-electron chi connectivity index (χ3n) is 3.39. The van der Waals surface area contributed by atoms with E-state index in [0.29, 0.717) is 11.5 Å². The quantitative estimate of drug-likeness (QED) is 0.510. The van der Waals surface area contributed by atoms with E-state index in [0.717, 1.165) is 31.9 Å². The van der Waals surface area contributed by atoms with E-state index in [-0.39, 0.29) is 0 Å². The van der Waals surface area contributed by atoms with E-state index in [2.05, 4.69) is 5.38 Å². The molecule has 3 aromatic rings. The van der Waals surface area contributed by atoms with Crippen LogP contribution in [0.1, 0.15) is 5.69 Å². The Kier molecular flexibility index (Phi) is 5.66. The van der Waals surface area contributed by atoms with Crippen LogP contribution in [0.2, 0.25) is 5.02 Å². The van der Waals surface area contributed by atoms with E-state index < -0.39 is 0 Å². The molecule has 0 saturated carbocycles. The minimum Gasteiger partial charge on any atom is -0.493 e. The average Bonchev–Trinajstić information content (AvgIpc) is 3.09. The van der Waals surface area contributed by atoms with E-state index >= 15 is 0 Å². The molecule has 0 amide bonds. The first kappa shape index (κ1) is 17.1. The Morgan fingerprint density at radius 2 is 1.88 bits per heavy atom. The maximum atomic E-state index is 6.19. The summed E-state index contributed by atoms with van der Waals surface area (Å²) < 4.78 is 10.6. The average molecular weight is 378 g/mol. The zero-order valence-electron chi connectivity index (χ0n) is 13.3. The fraction of sp³-hybridized carbons (Fsp3) is 0.167. The topological polar surface area (TPSA) is 31.4 Å². The molecule has 1 aromatic heterocycles. The summed E-state index contributed by atoms with van der Waals surface area (Å²) in [7, 11) is 3.26. The van der Waals surface area contributed by atoms with Crippen molar-refractivity contribution in [2.45, 2.75) is 10.6 Å². The van der Waals surface area contributed by atoms with Crippen LogP contribution in [-0.4, -0.2) is 19.2 Å². The summed E-state index contributed by atoms with van der Waals surface area (Å²) in [6.45, 7) is 0. The molecule has 0 saturated heterocycles. The fourth-order valence-corrected chi connectivity index (χ4v) is 4.24. The molecule has 124 valence electrons. The number of thiazole rings is 1. The van der Waals surface area contributed by atoms with Crippen molar-refractivity contribution >= 4 is 34.7 Å². The monoisotopic (exact) mass is 377 g/mol. The molecule has 6 heteroatoms. The van der Waals surface area contributed by atoms with Gasteiger partial charge in [-0.25, -0.2) is 4.98 Å². The van der Waals surface area contributed by atoms with E-state index in [1.807, 2.05) is 42.5 Å². The molecule has 0 aliphatic heterocycles. The fourth-order valence-electron chi connectivity index (χ4n) is 2.19. The van der Waals surface area contributed by atoms with Gasteiger partial charge in [0.2, 0.25) is 0 Å². The van der Waals surface area contributed by atoms with Crippen LogP contribution in [-0.2, 0) is 5.75 Å². The van der Waals surface area contributed by atoms with E-state index in [9.17, 15) is 0 Å². The molecule has 24 heavy (non-hydrogen) atoms. The number of benzene rings is 2. The number of thioether (sulfide) groups is 1. The number of rotatable bonds is 6. The van der Waals surface area contributed by atoms with Crippen LogP contribution in [0.4, 0.5) is 0 Å². The summed E-state index contributed by atoms with van der Waals surface area (Å²) in [6.07, 6.45) is 0. The van der Waals surface area contributed by atoms with Gasteiger partial charge < -0.3 is 9.47 Å². The van der Waals surface area contributed by atoms with Gasteiger partial charge >= 0.3 is 0 Å². The smallest absolute Gasteiger partial charge is 0.161 e. The second-order valence-corrected chi connectivity index (χ2v) is 7.22. The minimum atomic E-state index is 0.706. The zero-order chi connectivity index (χ0) is 16.9. The maximum absolute atomic E-state index is 6.19. The molecular formula is C18H16ClNO2S2. The van der Waals surface area contributed by atoms with Crippen molar-refractivity contribution in [1.82, 2.24) is 4.98 Å². The molecule has 3 nitrogen and oxygen atoms in total. The van der Waals surface area contributed by atoms with Gasteiger partial charge in [-0.1, -0.05) is 23.7 Å². The number of aromatic nitrogens is 1. The summed E-state index contributed by atoms with van der Waals surface area (Å²) in [5, 5.41) is 3.82. The molecule has 0 N–H and O–H groups in total. The largest absolute Gasteiger partial charge is 0.493 e. The lowest BCUT2D eigenvalue weighted by Crippen LogP contribution is -1.90. The lowest BCUT2D eigenvalue weighted by atomic mass is 10.2. The van der Waals surface area contributed by atoms with Gasteiger partial charge in [0.1, 0.15) is 5.01 Å². The summed E-state index contributed by atoms with van der Waals surface area (Å²) >= 11 is 9.50. The van der Waals surface area contributed by atoms with Crippen molar-refractivity contribution < 1.29 is 9.47 Å². The van der Waals surface area contributed by atoms with Crippen molar-refractivity contribution in [2.24, 2.45) is 0 Å². The van der Waals surface area contributed by atoms with Gasteiger partial charge in [-0.3, -0.25) is 0 Å². The molecule has 0 aliphatic rings. The van der Waals surface area contributed by atoms with Crippen molar-refractivity contribution in [3.8, 4) is 22.1 Å². The van der Waals surface area contributed by atoms with Crippen LogP contribution in [0.5, 0.6) is 11.5 Å². The standard InChI is InChI=1S/C18H16ClNO2S2/c1-21-15-8-7-12(9-16(15)22-2)18-20-13(11-24-18)10-23-17-6-4-3-5-14(17)19/h3-9,11H,10H2,1-2H3. The number of ether oxygens (including phenoxy) is 2. The Morgan fingerprint density at radius 1 is 1.08 bits per heavy atom. The summed E-state index contributed by atoms with van der Waals surface area (Å²) in [6, 6.07) is 13.7. The van der Waals surface area contributed by atoms with E-state index in [4.69, 9.17) is 26.1 Å². The van der Waals surface area contributed by atoms with Gasteiger partial charge in [0.05, 0.1) is 24.9 Å². The van der Waals surface area contributed by atoms with Crippen molar-refractivity contribution in [2.75, 3.05) is 14.2 Å². The van der Waals surface area contributed by atoms with Gasteiger partial charge in [0.15, 0.2) is 11.5 Å². The van der Waals surface area contributed by atoms with Gasteiger partial charge in [0.25, 0.3) is 0 Å². The minimum absolute atomic E-state index is 0.706. The molecule has 0 radical (unpaired) electrons. The van der Waals surface area contributed by atoms with Crippen LogP contribution in [0, 0.1) is 0 Å². The Hall–Kier alpha value is -1.69. The van der Waals surface area contributed by atoms with Gasteiger partial charge in [-0.15, -0.1) is 23.1 Å². The van der Waals surface area contributed by atoms with E-state index in [1.165, 1.54) is 0 Å². The Labute approximate surface area is 154 Å². The second kappa shape index (κ2) is 7.92. The lowest BCUT2D eigenvalue weighted by molar-refractivity contribution is 0.355. The summed E-state index contributed by atoms with van der Waals surface area (Å²) in [5.41, 5.74) is 2.06. The number of nitrogens with zero attached hydrogens (tertiary/aromatic N) is 1. The first-order valence-corrected chi connectivity index (χ1v) is 9.49. The molecule has 3 rings (SSSR count). The van der Waals surface area contributed by atoms with Gasteiger partial charge in [0, 0.05) is 21.6 Å². The molecule has 2 aromatic carbocycles. The third kappa shape index (κ3) is 3.86. The van der Waals surface area contributed by atoms with Gasteiger partial charge in [-0.2, -0.15) is 0 Å². The molecule has 1 heterocycles. The predicted octanol–water partition coefficient (Wildman–Crippen LogP) is 5.77. The van der Waals surface area contributed by atoms with Crippen LogP contribution >= 0.6 is 34.7 Å². The highest BCUT2D eigenvalue weighted by atomic mass is 35.5. The molecule has 0 fully saturated rings. The highest BCUT2D eigenvalue weighted by molar-refractivity contribution is 7.98. The second-order valence-electron chi connectivity index (χ2n) is 4.93. The molecule has 0 bridgehead atoms.